The Bertz CT molecular complexity index is 901. The fourth-order valence-corrected chi connectivity index (χ4v) is 5.09. The number of rotatable bonds is 8. The number of hydrazone groups is 1. The molecule has 1 saturated heterocycles. The van der Waals surface area contributed by atoms with E-state index in [1.807, 2.05) is 27.7 Å². The monoisotopic (exact) mass is 535 g/mol. The van der Waals surface area contributed by atoms with Crippen LogP contribution < -0.4 is 10.6 Å². The fraction of sp³-hybridized carbons (Fsp3) is 0.769. The first kappa shape index (κ1) is 29.3. The molecule has 0 aromatic heterocycles. The molecule has 3 amide bonds. The highest BCUT2D eigenvalue weighted by molar-refractivity contribution is 8.14. The number of amides is 3. The molecule has 37 heavy (non-hydrogen) atoms. The summed E-state index contributed by atoms with van der Waals surface area (Å²) in [7, 11) is 0. The van der Waals surface area contributed by atoms with Crippen LogP contribution in [0.2, 0.25) is 0 Å². The maximum Gasteiger partial charge on any atom is 0.343 e. The molecule has 2 aliphatic heterocycles. The third-order valence-corrected chi connectivity index (χ3v) is 7.28. The van der Waals surface area contributed by atoms with Crippen molar-refractivity contribution in [1.82, 2.24) is 20.5 Å². The molecule has 11 heteroatoms. The van der Waals surface area contributed by atoms with Gasteiger partial charge in [0.2, 0.25) is 0 Å². The number of ketones is 1. The van der Waals surface area contributed by atoms with Crippen LogP contribution in [0.3, 0.4) is 0 Å². The van der Waals surface area contributed by atoms with Crippen molar-refractivity contribution in [1.29, 1.82) is 0 Å². The van der Waals surface area contributed by atoms with Crippen molar-refractivity contribution in [3.8, 4) is 11.8 Å². The molecule has 0 spiro atoms. The van der Waals surface area contributed by atoms with Crippen LogP contribution in [-0.2, 0) is 19.1 Å². The van der Waals surface area contributed by atoms with Gasteiger partial charge in [0.05, 0.1) is 19.8 Å². The van der Waals surface area contributed by atoms with Crippen LogP contribution in [0.5, 0.6) is 0 Å². The average molecular weight is 536 g/mol. The van der Waals surface area contributed by atoms with Gasteiger partial charge in [-0.05, 0) is 43.9 Å². The highest BCUT2D eigenvalue weighted by Gasteiger charge is 2.42. The topological polar surface area (TPSA) is 113 Å². The third-order valence-electron chi connectivity index (χ3n) is 6.43. The molecular weight excluding hydrogens is 494 g/mol. The van der Waals surface area contributed by atoms with E-state index in [-0.39, 0.29) is 11.0 Å². The van der Waals surface area contributed by atoms with Gasteiger partial charge in [0.1, 0.15) is 5.66 Å². The number of carbonyl (C=O) groups is 3. The summed E-state index contributed by atoms with van der Waals surface area (Å²) in [6, 6.07) is -0.564. The number of nitrogens with zero attached hydrogens (tertiary/aromatic N) is 3. The molecule has 1 aliphatic carbocycles. The Labute approximate surface area is 224 Å². The third kappa shape index (κ3) is 9.20. The predicted molar refractivity (Wildman–Crippen MR) is 143 cm³/mol. The lowest BCUT2D eigenvalue weighted by Crippen LogP contribution is -2.63. The lowest BCUT2D eigenvalue weighted by Gasteiger charge is -2.39. The Balaban J connectivity index is 1.69. The second-order valence-electron chi connectivity index (χ2n) is 10.5. The smallest absolute Gasteiger partial charge is 0.343 e. The van der Waals surface area contributed by atoms with E-state index in [1.54, 1.807) is 0 Å². The second-order valence-corrected chi connectivity index (χ2v) is 12.0. The summed E-state index contributed by atoms with van der Waals surface area (Å²) in [5.41, 5.74) is -0.949. The van der Waals surface area contributed by atoms with Crippen molar-refractivity contribution in [2.75, 3.05) is 32.8 Å². The van der Waals surface area contributed by atoms with Gasteiger partial charge in [-0.1, -0.05) is 51.8 Å². The number of Topliss-reactive ketones (excluding diaryl/α,β-unsaturated/α-hetero) is 1. The Morgan fingerprint density at radius 2 is 1.81 bits per heavy atom. The van der Waals surface area contributed by atoms with Gasteiger partial charge < -0.3 is 20.1 Å². The van der Waals surface area contributed by atoms with Crippen molar-refractivity contribution in [2.45, 2.75) is 89.8 Å². The van der Waals surface area contributed by atoms with E-state index < -0.39 is 23.8 Å². The van der Waals surface area contributed by atoms with Crippen LogP contribution in [0, 0.1) is 17.8 Å². The van der Waals surface area contributed by atoms with Gasteiger partial charge in [-0.25, -0.2) is 4.79 Å². The molecule has 1 unspecified atom stereocenters. The number of nitrogens with one attached hydrogen (secondary N) is 2. The SMILES string of the molecule is CC(C)CCC(=O)C1OC(SC(C)C)=NN1C(=O)NC1(NC(=O)C#CCN2CCOCC2)CCCCC1. The lowest BCUT2D eigenvalue weighted by molar-refractivity contribution is -0.131. The summed E-state index contributed by atoms with van der Waals surface area (Å²) in [4.78, 5) is 41.3. The van der Waals surface area contributed by atoms with E-state index >= 15 is 0 Å². The average Bonchev–Trinajstić information content (AvgIpc) is 3.27. The van der Waals surface area contributed by atoms with Crippen molar-refractivity contribution in [3.05, 3.63) is 0 Å². The maximum absolute atomic E-state index is 13.5. The van der Waals surface area contributed by atoms with Crippen LogP contribution in [0.1, 0.15) is 72.6 Å². The fourth-order valence-electron chi connectivity index (χ4n) is 4.41. The summed E-state index contributed by atoms with van der Waals surface area (Å²) in [5, 5.41) is 11.8. The van der Waals surface area contributed by atoms with E-state index in [2.05, 4.69) is 32.5 Å². The number of urea groups is 1. The molecule has 206 valence electrons. The van der Waals surface area contributed by atoms with E-state index in [1.165, 1.54) is 11.8 Å². The maximum atomic E-state index is 13.5. The van der Waals surface area contributed by atoms with Crippen molar-refractivity contribution >= 4 is 34.7 Å². The first-order chi connectivity index (χ1) is 17.7. The number of ether oxygens (including phenoxy) is 2. The molecule has 2 N–H and O–H groups in total. The minimum absolute atomic E-state index is 0.174. The van der Waals surface area contributed by atoms with Crippen LogP contribution in [0.25, 0.3) is 0 Å². The van der Waals surface area contributed by atoms with Gasteiger partial charge >= 0.3 is 6.03 Å². The zero-order chi connectivity index (χ0) is 26.8. The van der Waals surface area contributed by atoms with Gasteiger partial charge in [-0.2, -0.15) is 5.01 Å². The minimum Gasteiger partial charge on any atom is -0.438 e. The molecule has 2 fully saturated rings. The largest absolute Gasteiger partial charge is 0.438 e. The normalized spacial score (nSPS) is 21.6. The van der Waals surface area contributed by atoms with E-state index in [0.717, 1.165) is 37.4 Å². The van der Waals surface area contributed by atoms with Crippen molar-refractivity contribution in [3.63, 3.8) is 0 Å². The molecule has 0 aromatic rings. The molecule has 3 rings (SSSR count). The van der Waals surface area contributed by atoms with Gasteiger partial charge in [-0.3, -0.25) is 14.5 Å². The number of carbonyl (C=O) groups excluding carboxylic acids is 3. The molecule has 2 heterocycles. The van der Waals surface area contributed by atoms with Crippen molar-refractivity contribution in [2.24, 2.45) is 11.0 Å². The summed E-state index contributed by atoms with van der Waals surface area (Å²) >= 11 is 1.36. The Hall–Kier alpha value is -2.29. The van der Waals surface area contributed by atoms with Gasteiger partial charge in [-0.15, -0.1) is 5.10 Å². The molecule has 0 bridgehead atoms. The van der Waals surface area contributed by atoms with Crippen molar-refractivity contribution < 1.29 is 23.9 Å². The quantitative estimate of drug-likeness (QED) is 0.363. The number of hydrogen-bond donors (Lipinski definition) is 2. The molecule has 3 aliphatic rings. The molecule has 0 radical (unpaired) electrons. The Morgan fingerprint density at radius 1 is 1.11 bits per heavy atom. The summed E-state index contributed by atoms with van der Waals surface area (Å²) in [5.74, 6) is 5.33. The standard InChI is InChI=1S/C26H41N5O5S/c1-19(2)10-11-21(32)23-31(29-25(36-23)37-20(3)4)24(34)28-26(12-6-5-7-13-26)27-22(33)9-8-14-30-15-17-35-18-16-30/h19-20,23H,5-7,10-18H2,1-4H3,(H,27,33)(H,28,34). The molecular formula is C26H41N5O5S. The molecule has 1 atom stereocenters. The van der Waals surface area contributed by atoms with Crippen LogP contribution in [0.15, 0.2) is 5.10 Å². The summed E-state index contributed by atoms with van der Waals surface area (Å²) in [6.45, 7) is 11.5. The number of morpholine rings is 1. The summed E-state index contributed by atoms with van der Waals surface area (Å²) < 4.78 is 11.2. The lowest BCUT2D eigenvalue weighted by atomic mass is 9.88. The first-order valence-corrected chi connectivity index (χ1v) is 14.2. The van der Waals surface area contributed by atoms with Gasteiger partial charge in [0.15, 0.2) is 5.78 Å². The molecule has 0 aromatic carbocycles. The zero-order valence-electron chi connectivity index (χ0n) is 22.5. The number of thioether (sulfide) groups is 1. The second kappa shape index (κ2) is 14.0. The zero-order valence-corrected chi connectivity index (χ0v) is 23.3. The molecule has 10 nitrogen and oxygen atoms in total. The van der Waals surface area contributed by atoms with Crippen LogP contribution >= 0.6 is 11.8 Å². The highest BCUT2D eigenvalue weighted by atomic mass is 32.2. The predicted octanol–water partition coefficient (Wildman–Crippen LogP) is 2.88. The minimum atomic E-state index is -1.11. The van der Waals surface area contributed by atoms with E-state index in [4.69, 9.17) is 9.47 Å². The molecule has 1 saturated carbocycles. The van der Waals surface area contributed by atoms with Gasteiger partial charge in [0, 0.05) is 24.8 Å². The van der Waals surface area contributed by atoms with Crippen LogP contribution in [0.4, 0.5) is 4.79 Å². The van der Waals surface area contributed by atoms with E-state index in [9.17, 15) is 14.4 Å². The van der Waals surface area contributed by atoms with E-state index in [0.29, 0.717) is 56.6 Å². The Kier molecular flexibility index (Phi) is 11.1. The highest BCUT2D eigenvalue weighted by Crippen LogP contribution is 2.29. The first-order valence-electron chi connectivity index (χ1n) is 13.3. The van der Waals surface area contributed by atoms with Crippen LogP contribution in [-0.4, -0.2) is 82.8 Å². The summed E-state index contributed by atoms with van der Waals surface area (Å²) in [6.07, 6.45) is 3.77. The Morgan fingerprint density at radius 3 is 2.46 bits per heavy atom. The van der Waals surface area contributed by atoms with Gasteiger partial charge in [0.25, 0.3) is 17.4 Å². The number of hydrogen-bond acceptors (Lipinski definition) is 8.